The molecule has 0 radical (unpaired) electrons. The Labute approximate surface area is 648 Å². The molecule has 0 unspecified atom stereocenters. The predicted octanol–water partition coefficient (Wildman–Crippen LogP) is -2.08. The van der Waals surface area contributed by atoms with Crippen LogP contribution in [0.25, 0.3) is 0 Å². The number of methoxy groups -OCH3 is 14. The Morgan fingerprint density at radius 3 is 0.366 bits per heavy atom. The van der Waals surface area contributed by atoms with Crippen molar-refractivity contribution in [1.29, 1.82) is 0 Å². The van der Waals surface area contributed by atoms with Crippen LogP contribution in [0.15, 0.2) is 0 Å². The lowest BCUT2D eigenvalue weighted by Gasteiger charge is -2.52. The molecular formula is C70H112O42. The molecule has 0 spiro atoms. The van der Waals surface area contributed by atoms with Gasteiger partial charge in [0.2, 0.25) is 0 Å². The number of esters is 7. The molecule has 21 fully saturated rings. The van der Waals surface area contributed by atoms with E-state index in [2.05, 4.69) is 0 Å². The topological polar surface area (TPSA) is 443 Å². The first-order valence-corrected chi connectivity index (χ1v) is 36.2. The van der Waals surface area contributed by atoms with Crippen molar-refractivity contribution in [2.75, 3.05) is 146 Å². The Kier molecular flexibility index (Phi) is 36.5. The van der Waals surface area contributed by atoms with E-state index in [0.29, 0.717) is 0 Å². The van der Waals surface area contributed by atoms with Gasteiger partial charge in [-0.05, 0) is 0 Å². The Balaban J connectivity index is 1.33. The summed E-state index contributed by atoms with van der Waals surface area (Å²) in [4.78, 5) is 94.9. The minimum atomic E-state index is -1.65. The molecule has 112 heavy (non-hydrogen) atoms. The van der Waals surface area contributed by atoms with Crippen LogP contribution >= 0.6 is 0 Å². The average Bonchev–Trinajstić information content (AvgIpc) is 0.764. The Bertz CT molecular complexity index is 2410. The van der Waals surface area contributed by atoms with Gasteiger partial charge in [0.15, 0.2) is 86.8 Å². The van der Waals surface area contributed by atoms with Crippen molar-refractivity contribution in [3.63, 3.8) is 0 Å². The van der Waals surface area contributed by atoms with Gasteiger partial charge in [-0.25, -0.2) is 0 Å². The maximum absolute atomic E-state index is 13.6. The third kappa shape index (κ3) is 22.3. The highest BCUT2D eigenvalue weighted by molar-refractivity contribution is 5.68. The van der Waals surface area contributed by atoms with Crippen molar-refractivity contribution in [3.8, 4) is 0 Å². The third-order valence-electron chi connectivity index (χ3n) is 19.5. The lowest BCUT2D eigenvalue weighted by molar-refractivity contribution is -0.400. The number of carbonyl (C=O) groups is 7. The van der Waals surface area contributed by atoms with Crippen LogP contribution in [0.2, 0.25) is 0 Å². The van der Waals surface area contributed by atoms with Crippen molar-refractivity contribution in [3.05, 3.63) is 0 Å². The molecule has 0 aromatic rings. The molecule has 42 heteroatoms. The van der Waals surface area contributed by atoms with Gasteiger partial charge in [-0.15, -0.1) is 0 Å². The summed E-state index contributed by atoms with van der Waals surface area (Å²) in [5.41, 5.74) is 0. The van der Waals surface area contributed by atoms with Crippen LogP contribution in [0, 0.1) is 0 Å². The first-order chi connectivity index (χ1) is 53.7. The Hall–Kier alpha value is -4.83. The summed E-state index contributed by atoms with van der Waals surface area (Å²) in [5.74, 6) is -5.95. The van der Waals surface area contributed by atoms with E-state index in [9.17, 15) is 33.6 Å². The molecule has 0 N–H and O–H groups in total. The van der Waals surface area contributed by atoms with E-state index in [-0.39, 0.29) is 46.2 Å². The number of hydrogen-bond acceptors (Lipinski definition) is 42. The third-order valence-corrected chi connectivity index (χ3v) is 19.5. The standard InChI is InChI=1S/C70H112O42/c1-29(71)92-50-43-36(22-78-8)99-64(57(50)85-15)107-44-37(23-79-9)101-66(59(87-17)51(44)93-30(2)72)109-46-39(25-81-11)103-68(61(89-19)53(46)95-32(4)74)111-48-41(27-83-13)105-70(63(91-21)55(48)97-34(6)76)112-49-42(28-84-14)104-69(62(90-20)56(49)98-35(7)77)110-47-40(26-82-12)102-67(60(88-18)54(47)96-33(5)75)108-45-38(24-80-10)100-65(106-43)58(86-16)52(45)94-31(3)73/h36-70H,22-28H2,1-21H3/t36-,37-,38-,39-,40-,41-,42-,43-,44-,45-,46-,47-,48-,49-,50+,51+,52+,53+,54+,55+,56+,57-,58-,59-,60-,61-,62-,63-,64-,65-,66-,67-,68-,69-,70-/m1/s1. The molecule has 21 aliphatic heterocycles. The van der Waals surface area contributed by atoms with E-state index >= 15 is 0 Å². The van der Waals surface area contributed by atoms with Crippen molar-refractivity contribution in [2.24, 2.45) is 0 Å². The van der Waals surface area contributed by atoms with Gasteiger partial charge in [0.1, 0.15) is 128 Å². The van der Waals surface area contributed by atoms with E-state index in [0.717, 1.165) is 48.5 Å². The fraction of sp³-hybridized carbons (Fsp3) is 0.900. The lowest BCUT2D eigenvalue weighted by atomic mass is 9.94. The van der Waals surface area contributed by atoms with Crippen molar-refractivity contribution in [1.82, 2.24) is 0 Å². The van der Waals surface area contributed by atoms with Gasteiger partial charge in [-0.1, -0.05) is 0 Å². The highest BCUT2D eigenvalue weighted by atomic mass is 16.8. The number of carbonyl (C=O) groups excluding carboxylic acids is 7. The molecule has 42 nitrogen and oxygen atoms in total. The molecule has 21 rings (SSSR count). The molecule has 0 amide bonds. The molecule has 21 aliphatic rings. The first kappa shape index (κ1) is 92.7. The fourth-order valence-corrected chi connectivity index (χ4v) is 15.3. The van der Waals surface area contributed by atoms with Crippen molar-refractivity contribution in [2.45, 2.75) is 263 Å². The predicted molar refractivity (Wildman–Crippen MR) is 362 cm³/mol. The van der Waals surface area contributed by atoms with Crippen molar-refractivity contribution < 1.29 is 199 Å². The summed E-state index contributed by atoms with van der Waals surface area (Å²) in [6, 6.07) is 0. The number of ether oxygens (including phenoxy) is 35. The van der Waals surface area contributed by atoms with E-state index in [4.69, 9.17) is 166 Å². The highest BCUT2D eigenvalue weighted by Crippen LogP contribution is 2.44. The summed E-state index contributed by atoms with van der Waals surface area (Å²) in [6.07, 6.45) is -52.6. The van der Waals surface area contributed by atoms with Gasteiger partial charge in [0, 0.05) is 148 Å². The van der Waals surface area contributed by atoms with Crippen LogP contribution in [0.4, 0.5) is 0 Å². The van der Waals surface area contributed by atoms with Gasteiger partial charge in [-0.2, -0.15) is 0 Å². The smallest absolute Gasteiger partial charge is 0.303 e. The maximum atomic E-state index is 13.6. The Morgan fingerprint density at radius 1 is 0.179 bits per heavy atom. The largest absolute Gasteiger partial charge is 0.457 e. The van der Waals surface area contributed by atoms with Crippen LogP contribution in [0.3, 0.4) is 0 Å². The fourth-order valence-electron chi connectivity index (χ4n) is 15.3. The molecule has 0 aromatic carbocycles. The van der Waals surface area contributed by atoms with E-state index < -0.39 is 257 Å². The zero-order valence-electron chi connectivity index (χ0n) is 66.8. The highest BCUT2D eigenvalue weighted by Gasteiger charge is 2.64. The maximum Gasteiger partial charge on any atom is 0.303 e. The molecule has 35 atom stereocenters. The SMILES string of the molecule is COC[C@H]1O[C@@H]2O[C@H]3[C@H](OC(C)=O)[C@@H](OC)[C@@H](O[C@H]4[C@H](OC(C)=O)[C@@H](OC)[C@@H](O[C@H]5[C@H](OC(C)=O)[C@@H](OC)[C@@H](O[C@H]6[C@H](OC(C)=O)[C@@H](OC)[C@@H](O[C@H]7[C@H](OC(C)=O)[C@@H](OC)[C@@H](O[C@H]8[C@H](OC(C)=O)[C@@H](OC)[C@@H](O[C@H]1[C@H](OC(C)=O)[C@H]2OC)O[C@@H]8COC)O[C@@H]7COC)O[C@@H]6COC)O[C@@H]5COC)O[C@@H]4COC)O[C@@H]3COC. The van der Waals surface area contributed by atoms with E-state index in [1.165, 1.54) is 99.5 Å². The second kappa shape index (κ2) is 44.1. The zero-order valence-corrected chi connectivity index (χ0v) is 66.8. The summed E-state index contributed by atoms with van der Waals surface area (Å²) >= 11 is 0. The van der Waals surface area contributed by atoms with Gasteiger partial charge in [0.25, 0.3) is 0 Å². The lowest BCUT2D eigenvalue weighted by Crippen LogP contribution is -2.70. The molecule has 21 saturated heterocycles. The van der Waals surface area contributed by atoms with Crippen molar-refractivity contribution >= 4 is 41.8 Å². The van der Waals surface area contributed by atoms with Gasteiger partial charge in [-0.3, -0.25) is 33.6 Å². The average molecular weight is 1630 g/mol. The molecule has 0 aromatic heterocycles. The molecule has 0 aliphatic carbocycles. The van der Waals surface area contributed by atoms with E-state index in [1.807, 2.05) is 0 Å². The van der Waals surface area contributed by atoms with Crippen LogP contribution < -0.4 is 0 Å². The van der Waals surface area contributed by atoms with Crippen LogP contribution in [-0.2, 0) is 199 Å². The number of rotatable bonds is 28. The molecule has 644 valence electrons. The quantitative estimate of drug-likeness (QED) is 0.0599. The van der Waals surface area contributed by atoms with Gasteiger partial charge >= 0.3 is 41.8 Å². The molecular weight excluding hydrogens is 1510 g/mol. The first-order valence-electron chi connectivity index (χ1n) is 36.2. The normalized spacial score (nSPS) is 41.3. The summed E-state index contributed by atoms with van der Waals surface area (Å²) in [6.45, 7) is 5.53. The van der Waals surface area contributed by atoms with Gasteiger partial charge < -0.3 is 166 Å². The second-order valence-electron chi connectivity index (χ2n) is 27.1. The summed E-state index contributed by atoms with van der Waals surface area (Å²) < 4.78 is 222. The summed E-state index contributed by atoms with van der Waals surface area (Å²) in [7, 11) is 18.3. The molecule has 14 bridgehead atoms. The zero-order chi connectivity index (χ0) is 81.9. The molecule has 21 heterocycles. The van der Waals surface area contributed by atoms with Gasteiger partial charge in [0.05, 0.1) is 46.2 Å². The molecule has 0 saturated carbocycles. The van der Waals surface area contributed by atoms with Crippen LogP contribution in [0.1, 0.15) is 48.5 Å². The number of hydrogen-bond donors (Lipinski definition) is 0. The second-order valence-corrected chi connectivity index (χ2v) is 27.1. The minimum absolute atomic E-state index is 0.341. The summed E-state index contributed by atoms with van der Waals surface area (Å²) in [5, 5.41) is 0. The minimum Gasteiger partial charge on any atom is -0.457 e. The van der Waals surface area contributed by atoms with Crippen LogP contribution in [-0.4, -0.2) is 403 Å². The van der Waals surface area contributed by atoms with E-state index in [1.54, 1.807) is 0 Å². The monoisotopic (exact) mass is 1620 g/mol. The Morgan fingerprint density at radius 2 is 0.286 bits per heavy atom. The van der Waals surface area contributed by atoms with Crippen LogP contribution in [0.5, 0.6) is 0 Å².